The lowest BCUT2D eigenvalue weighted by molar-refractivity contribution is 1.16. The highest BCUT2D eigenvalue weighted by Crippen LogP contribution is 2.28. The number of nitrogens with zero attached hydrogens (tertiary/aromatic N) is 2. The number of halogens is 1. The first kappa shape index (κ1) is 13.3. The van der Waals surface area contributed by atoms with Crippen LogP contribution in [0.15, 0.2) is 47.6 Å². The second kappa shape index (κ2) is 5.38. The molecule has 0 saturated carbocycles. The Morgan fingerprint density at radius 3 is 2.95 bits per heavy atom. The molecule has 0 amide bonds. The summed E-state index contributed by atoms with van der Waals surface area (Å²) in [5.74, 6) is 0.807. The minimum absolute atomic E-state index is 0.598. The van der Waals surface area contributed by atoms with E-state index in [4.69, 9.17) is 17.3 Å². The van der Waals surface area contributed by atoms with E-state index < -0.39 is 0 Å². The molecule has 0 unspecified atom stereocenters. The lowest BCUT2D eigenvalue weighted by atomic mass is 10.3. The highest BCUT2D eigenvalue weighted by molar-refractivity contribution is 7.98. The number of thioether (sulfide) groups is 1. The molecular weight excluding hydrogens is 290 g/mol. The number of hydrogen-bond acceptors (Lipinski definition) is 3. The monoisotopic (exact) mass is 303 g/mol. The van der Waals surface area contributed by atoms with Gasteiger partial charge in [0.25, 0.3) is 0 Å². The molecule has 1 aromatic carbocycles. The number of aryl methyl sites for hydroxylation is 1. The number of rotatable bonds is 3. The van der Waals surface area contributed by atoms with E-state index >= 15 is 0 Å². The maximum absolute atomic E-state index is 6.02. The van der Waals surface area contributed by atoms with Gasteiger partial charge in [-0.25, -0.2) is 4.98 Å². The average Bonchev–Trinajstić information content (AvgIpc) is 2.85. The summed E-state index contributed by atoms with van der Waals surface area (Å²) in [6.45, 7) is 2.07. The summed E-state index contributed by atoms with van der Waals surface area (Å²) in [5, 5.41) is 0.598. The molecule has 3 aromatic rings. The van der Waals surface area contributed by atoms with Crippen LogP contribution in [0, 0.1) is 6.92 Å². The third-order valence-electron chi connectivity index (χ3n) is 3.09. The van der Waals surface area contributed by atoms with Gasteiger partial charge in [-0.2, -0.15) is 0 Å². The smallest absolute Gasteiger partial charge is 0.139 e. The molecule has 3 nitrogen and oxygen atoms in total. The first-order chi connectivity index (χ1) is 9.63. The van der Waals surface area contributed by atoms with Gasteiger partial charge in [-0.05, 0) is 36.8 Å². The zero-order chi connectivity index (χ0) is 14.1. The van der Waals surface area contributed by atoms with Crippen LogP contribution in [-0.4, -0.2) is 9.38 Å². The molecule has 0 aliphatic rings. The standard InChI is InChI=1S/C15H14ClN3S/c1-10-3-2-6-19-8-11(18-15(10)19)9-20-12-4-5-14(17)13(16)7-12/h2-8H,9,17H2,1H3. The van der Waals surface area contributed by atoms with Crippen LogP contribution in [0.3, 0.4) is 0 Å². The third-order valence-corrected chi connectivity index (χ3v) is 4.44. The summed E-state index contributed by atoms with van der Waals surface area (Å²) >= 11 is 7.72. The Morgan fingerprint density at radius 2 is 2.20 bits per heavy atom. The number of nitrogen functional groups attached to an aromatic ring is 1. The van der Waals surface area contributed by atoms with Crippen molar-refractivity contribution in [2.45, 2.75) is 17.6 Å². The summed E-state index contributed by atoms with van der Waals surface area (Å²) in [7, 11) is 0. The van der Waals surface area contributed by atoms with Crippen molar-refractivity contribution < 1.29 is 0 Å². The van der Waals surface area contributed by atoms with Crippen LogP contribution in [0.25, 0.3) is 5.65 Å². The Balaban J connectivity index is 1.79. The van der Waals surface area contributed by atoms with Gasteiger partial charge in [-0.3, -0.25) is 0 Å². The lowest BCUT2D eigenvalue weighted by Crippen LogP contribution is -1.86. The Morgan fingerprint density at radius 1 is 1.35 bits per heavy atom. The van der Waals surface area contributed by atoms with E-state index in [-0.39, 0.29) is 0 Å². The van der Waals surface area contributed by atoms with Crippen LogP contribution in [-0.2, 0) is 5.75 Å². The fraction of sp³-hybridized carbons (Fsp3) is 0.133. The first-order valence-corrected chi connectivity index (χ1v) is 7.61. The number of anilines is 1. The Bertz CT molecular complexity index is 767. The number of benzene rings is 1. The highest BCUT2D eigenvalue weighted by atomic mass is 35.5. The van der Waals surface area contributed by atoms with Gasteiger partial charge in [0, 0.05) is 23.0 Å². The largest absolute Gasteiger partial charge is 0.398 e. The van der Waals surface area contributed by atoms with Crippen molar-refractivity contribution in [2.24, 2.45) is 0 Å². The Kier molecular flexibility index (Phi) is 3.59. The molecule has 0 aliphatic heterocycles. The number of pyridine rings is 1. The van der Waals surface area contributed by atoms with Crippen LogP contribution in [0.1, 0.15) is 11.3 Å². The molecule has 2 N–H and O–H groups in total. The minimum Gasteiger partial charge on any atom is -0.398 e. The van der Waals surface area contributed by atoms with Crippen molar-refractivity contribution in [3.05, 3.63) is 59.0 Å². The molecule has 2 aromatic heterocycles. The second-order valence-electron chi connectivity index (χ2n) is 4.63. The first-order valence-electron chi connectivity index (χ1n) is 6.24. The normalized spacial score (nSPS) is 11.1. The van der Waals surface area contributed by atoms with E-state index in [0.29, 0.717) is 10.7 Å². The summed E-state index contributed by atoms with van der Waals surface area (Å²) in [6.07, 6.45) is 4.08. The number of hydrogen-bond donors (Lipinski definition) is 1. The van der Waals surface area contributed by atoms with E-state index in [0.717, 1.165) is 22.0 Å². The van der Waals surface area contributed by atoms with Gasteiger partial charge in [0.05, 0.1) is 16.4 Å². The van der Waals surface area contributed by atoms with Crippen molar-refractivity contribution in [2.75, 3.05) is 5.73 Å². The van der Waals surface area contributed by atoms with Crippen molar-refractivity contribution >= 4 is 34.7 Å². The minimum atomic E-state index is 0.598. The van der Waals surface area contributed by atoms with Gasteiger partial charge < -0.3 is 10.1 Å². The van der Waals surface area contributed by atoms with Gasteiger partial charge in [0.15, 0.2) is 0 Å². The average molecular weight is 304 g/mol. The van der Waals surface area contributed by atoms with E-state index in [1.165, 1.54) is 5.56 Å². The summed E-state index contributed by atoms with van der Waals surface area (Å²) < 4.78 is 2.06. The number of imidazole rings is 1. The van der Waals surface area contributed by atoms with Crippen LogP contribution in [0.4, 0.5) is 5.69 Å². The predicted molar refractivity (Wildman–Crippen MR) is 85.4 cm³/mol. The van der Waals surface area contributed by atoms with Gasteiger partial charge >= 0.3 is 0 Å². The highest BCUT2D eigenvalue weighted by Gasteiger charge is 2.05. The molecule has 0 aliphatic carbocycles. The maximum Gasteiger partial charge on any atom is 0.139 e. The summed E-state index contributed by atoms with van der Waals surface area (Å²) in [4.78, 5) is 5.75. The van der Waals surface area contributed by atoms with Gasteiger partial charge in [-0.15, -0.1) is 11.8 Å². The molecule has 0 spiro atoms. The molecule has 0 saturated heterocycles. The van der Waals surface area contributed by atoms with Crippen LogP contribution in [0.5, 0.6) is 0 Å². The SMILES string of the molecule is Cc1cccn2cc(CSc3ccc(N)c(Cl)c3)nc12. The van der Waals surface area contributed by atoms with Crippen LogP contribution < -0.4 is 5.73 Å². The number of fused-ring (bicyclic) bond motifs is 1. The molecule has 0 radical (unpaired) electrons. The fourth-order valence-corrected chi connectivity index (χ4v) is 3.09. The number of nitrogens with two attached hydrogens (primary N) is 1. The van der Waals surface area contributed by atoms with E-state index in [9.17, 15) is 0 Å². The molecule has 0 fully saturated rings. The molecule has 5 heteroatoms. The predicted octanol–water partition coefficient (Wildman–Crippen LogP) is 4.17. The quantitative estimate of drug-likeness (QED) is 0.583. The zero-order valence-corrected chi connectivity index (χ0v) is 12.6. The summed E-state index contributed by atoms with van der Waals surface area (Å²) in [6, 6.07) is 9.80. The molecule has 0 bridgehead atoms. The molecule has 3 rings (SSSR count). The molecule has 2 heterocycles. The van der Waals surface area contributed by atoms with Gasteiger partial charge in [0.1, 0.15) is 5.65 Å². The summed E-state index contributed by atoms with van der Waals surface area (Å²) in [5.41, 5.74) is 9.56. The Labute approximate surface area is 126 Å². The second-order valence-corrected chi connectivity index (χ2v) is 6.08. The third kappa shape index (κ3) is 2.62. The molecule has 20 heavy (non-hydrogen) atoms. The fourth-order valence-electron chi connectivity index (χ4n) is 2.03. The van der Waals surface area contributed by atoms with Crippen LogP contribution >= 0.6 is 23.4 Å². The molecular formula is C15H14ClN3S. The molecule has 0 atom stereocenters. The topological polar surface area (TPSA) is 43.3 Å². The zero-order valence-electron chi connectivity index (χ0n) is 11.0. The Hall–Kier alpha value is -1.65. The van der Waals surface area contributed by atoms with Crippen molar-refractivity contribution in [3.63, 3.8) is 0 Å². The molecule has 102 valence electrons. The maximum atomic E-state index is 6.02. The van der Waals surface area contributed by atoms with Gasteiger partial charge in [-0.1, -0.05) is 17.7 Å². The van der Waals surface area contributed by atoms with Gasteiger partial charge in [0.2, 0.25) is 0 Å². The van der Waals surface area contributed by atoms with Crippen molar-refractivity contribution in [3.8, 4) is 0 Å². The van der Waals surface area contributed by atoms with E-state index in [2.05, 4.69) is 28.6 Å². The van der Waals surface area contributed by atoms with E-state index in [1.54, 1.807) is 11.8 Å². The van der Waals surface area contributed by atoms with Crippen molar-refractivity contribution in [1.82, 2.24) is 9.38 Å². The number of aromatic nitrogens is 2. The van der Waals surface area contributed by atoms with E-state index in [1.807, 2.05) is 30.5 Å². The van der Waals surface area contributed by atoms with Crippen molar-refractivity contribution in [1.29, 1.82) is 0 Å². The lowest BCUT2D eigenvalue weighted by Gasteiger charge is -2.02. The van der Waals surface area contributed by atoms with Crippen LogP contribution in [0.2, 0.25) is 5.02 Å².